The van der Waals surface area contributed by atoms with E-state index in [-0.39, 0.29) is 11.9 Å². The summed E-state index contributed by atoms with van der Waals surface area (Å²) in [6.45, 7) is 0.542. The lowest BCUT2D eigenvalue weighted by molar-refractivity contribution is -0.119. The Morgan fingerprint density at radius 2 is 1.71 bits per heavy atom. The lowest BCUT2D eigenvalue weighted by Crippen LogP contribution is -2.33. The van der Waals surface area contributed by atoms with Crippen molar-refractivity contribution in [3.05, 3.63) is 59.1 Å². The molecule has 0 bridgehead atoms. The summed E-state index contributed by atoms with van der Waals surface area (Å²) < 4.78 is 0. The van der Waals surface area contributed by atoms with Crippen molar-refractivity contribution in [3.63, 3.8) is 0 Å². The normalized spacial score (nSPS) is 16.6. The Balaban J connectivity index is 1.96. The first-order valence-corrected chi connectivity index (χ1v) is 7.82. The number of hydrogen-bond donors (Lipinski definition) is 3. The van der Waals surface area contributed by atoms with Crippen molar-refractivity contribution in [2.24, 2.45) is 0 Å². The van der Waals surface area contributed by atoms with Crippen LogP contribution in [0.3, 0.4) is 0 Å². The van der Waals surface area contributed by atoms with E-state index in [1.807, 2.05) is 17.0 Å². The Morgan fingerprint density at radius 1 is 1.12 bits per heavy atom. The summed E-state index contributed by atoms with van der Waals surface area (Å²) in [5.41, 5.74) is 3.70. The van der Waals surface area contributed by atoms with Crippen LogP contribution in [-0.2, 0) is 4.79 Å². The second-order valence-electron chi connectivity index (χ2n) is 5.50. The molecule has 7 heteroatoms. The van der Waals surface area contributed by atoms with Crippen LogP contribution in [0, 0.1) is 0 Å². The molecule has 2 aromatic rings. The third-order valence-corrected chi connectivity index (χ3v) is 4.19. The van der Waals surface area contributed by atoms with E-state index in [1.54, 1.807) is 41.9 Å². The van der Waals surface area contributed by atoms with E-state index in [0.29, 0.717) is 23.6 Å². The first-order chi connectivity index (χ1) is 11.6. The van der Waals surface area contributed by atoms with E-state index in [0.717, 1.165) is 11.4 Å². The molecule has 1 aliphatic heterocycles. The Labute approximate surface area is 144 Å². The second-order valence-corrected chi connectivity index (χ2v) is 5.93. The van der Waals surface area contributed by atoms with Gasteiger partial charge in [0.15, 0.2) is 0 Å². The third kappa shape index (κ3) is 3.34. The van der Waals surface area contributed by atoms with Crippen LogP contribution >= 0.6 is 11.6 Å². The van der Waals surface area contributed by atoms with Crippen LogP contribution in [0.4, 0.5) is 11.4 Å². The van der Waals surface area contributed by atoms with E-state index < -0.39 is 5.91 Å². The average Bonchev–Trinajstić information content (AvgIpc) is 3.03. The predicted molar refractivity (Wildman–Crippen MR) is 90.7 cm³/mol. The van der Waals surface area contributed by atoms with Crippen molar-refractivity contribution in [1.29, 1.82) is 0 Å². The summed E-state index contributed by atoms with van der Waals surface area (Å²) in [4.78, 5) is 25.1. The van der Waals surface area contributed by atoms with Gasteiger partial charge in [0.05, 0.1) is 6.04 Å². The van der Waals surface area contributed by atoms with Crippen LogP contribution in [-0.4, -0.2) is 29.6 Å². The molecule has 3 rings (SSSR count). The number of carbonyl (C=O) groups is 2. The summed E-state index contributed by atoms with van der Waals surface area (Å²) >= 11 is 5.96. The molecule has 2 amide bonds. The van der Waals surface area contributed by atoms with Crippen molar-refractivity contribution in [2.45, 2.75) is 12.5 Å². The molecule has 3 N–H and O–H groups in total. The second kappa shape index (κ2) is 6.90. The van der Waals surface area contributed by atoms with Crippen LogP contribution in [0.2, 0.25) is 5.02 Å². The molecule has 0 saturated carbocycles. The molecule has 0 spiro atoms. The monoisotopic (exact) mass is 345 g/mol. The fourth-order valence-electron chi connectivity index (χ4n) is 2.78. The molecular formula is C17H16ClN3O3. The Kier molecular flexibility index (Phi) is 4.69. The highest BCUT2D eigenvalue weighted by Crippen LogP contribution is 2.31. The number of amides is 2. The Morgan fingerprint density at radius 3 is 2.21 bits per heavy atom. The standard InChI is InChI=1S/C17H16ClN3O3/c18-12-3-7-14(8-4-12)21(15-9-16(22)19-10-15)13-5-1-11(2-6-13)17(23)20-24/h1-8,15,24H,9-10H2,(H,19,22)(H,20,23). The lowest BCUT2D eigenvalue weighted by atomic mass is 10.1. The zero-order valence-electron chi connectivity index (χ0n) is 12.7. The van der Waals surface area contributed by atoms with Gasteiger partial charge in [0.1, 0.15) is 0 Å². The first kappa shape index (κ1) is 16.3. The average molecular weight is 346 g/mol. The van der Waals surface area contributed by atoms with E-state index >= 15 is 0 Å². The lowest BCUT2D eigenvalue weighted by Gasteiger charge is -2.30. The van der Waals surface area contributed by atoms with Gasteiger partial charge in [-0.25, -0.2) is 5.48 Å². The van der Waals surface area contributed by atoms with Crippen LogP contribution in [0.1, 0.15) is 16.8 Å². The maximum Gasteiger partial charge on any atom is 0.274 e. The van der Waals surface area contributed by atoms with Crippen LogP contribution < -0.4 is 15.7 Å². The number of anilines is 2. The third-order valence-electron chi connectivity index (χ3n) is 3.94. The maximum atomic E-state index is 11.6. The molecule has 2 aromatic carbocycles. The molecule has 6 nitrogen and oxygen atoms in total. The van der Waals surface area contributed by atoms with Gasteiger partial charge >= 0.3 is 0 Å². The number of halogens is 1. The molecule has 1 atom stereocenters. The summed E-state index contributed by atoms with van der Waals surface area (Å²) in [7, 11) is 0. The SMILES string of the molecule is O=C1CC(N(c2ccc(Cl)cc2)c2ccc(C(=O)NO)cc2)CN1. The van der Waals surface area contributed by atoms with E-state index in [9.17, 15) is 9.59 Å². The highest BCUT2D eigenvalue weighted by atomic mass is 35.5. The van der Waals surface area contributed by atoms with E-state index in [1.165, 1.54) is 0 Å². The highest BCUT2D eigenvalue weighted by Gasteiger charge is 2.28. The number of nitrogens with zero attached hydrogens (tertiary/aromatic N) is 1. The summed E-state index contributed by atoms with van der Waals surface area (Å²) in [5.74, 6) is -0.562. The minimum absolute atomic E-state index is 0.00948. The minimum atomic E-state index is -0.572. The van der Waals surface area contributed by atoms with Crippen molar-refractivity contribution in [2.75, 3.05) is 11.4 Å². The van der Waals surface area contributed by atoms with Crippen LogP contribution in [0.5, 0.6) is 0 Å². The summed E-state index contributed by atoms with van der Waals surface area (Å²) in [6.07, 6.45) is 0.390. The smallest absolute Gasteiger partial charge is 0.274 e. The molecule has 124 valence electrons. The molecule has 1 saturated heterocycles. The van der Waals surface area contributed by atoms with E-state index in [4.69, 9.17) is 16.8 Å². The van der Waals surface area contributed by atoms with Gasteiger partial charge < -0.3 is 10.2 Å². The van der Waals surface area contributed by atoms with Gasteiger partial charge in [-0.05, 0) is 48.5 Å². The maximum absolute atomic E-state index is 11.6. The van der Waals surface area contributed by atoms with Crippen LogP contribution in [0.15, 0.2) is 48.5 Å². The molecular weight excluding hydrogens is 330 g/mol. The molecule has 1 unspecified atom stereocenters. The number of rotatable bonds is 4. The van der Waals surface area contributed by atoms with Crippen LogP contribution in [0.25, 0.3) is 0 Å². The summed E-state index contributed by atoms with van der Waals surface area (Å²) in [6, 6.07) is 14.1. The quantitative estimate of drug-likeness (QED) is 0.587. The van der Waals surface area contributed by atoms with Gasteiger partial charge in [0, 0.05) is 34.9 Å². The fourth-order valence-corrected chi connectivity index (χ4v) is 2.91. The molecule has 24 heavy (non-hydrogen) atoms. The number of carbonyl (C=O) groups excluding carboxylic acids is 2. The number of hydroxylamine groups is 1. The minimum Gasteiger partial charge on any atom is -0.354 e. The topological polar surface area (TPSA) is 81.7 Å². The molecule has 1 aliphatic rings. The highest BCUT2D eigenvalue weighted by molar-refractivity contribution is 6.30. The van der Waals surface area contributed by atoms with Crippen molar-refractivity contribution >= 4 is 34.8 Å². The zero-order valence-corrected chi connectivity index (χ0v) is 13.5. The Hall–Kier alpha value is -2.57. The first-order valence-electron chi connectivity index (χ1n) is 7.44. The van der Waals surface area contributed by atoms with Gasteiger partial charge in [-0.15, -0.1) is 0 Å². The largest absolute Gasteiger partial charge is 0.354 e. The fraction of sp³-hybridized carbons (Fsp3) is 0.176. The molecule has 0 aromatic heterocycles. The van der Waals surface area contributed by atoms with Crippen molar-refractivity contribution in [3.8, 4) is 0 Å². The van der Waals surface area contributed by atoms with Gasteiger partial charge in [0.2, 0.25) is 5.91 Å². The molecule has 1 fully saturated rings. The van der Waals surface area contributed by atoms with Crippen molar-refractivity contribution < 1.29 is 14.8 Å². The summed E-state index contributed by atoms with van der Waals surface area (Å²) in [5, 5.41) is 12.2. The van der Waals surface area contributed by atoms with Gasteiger partial charge in [0.25, 0.3) is 5.91 Å². The van der Waals surface area contributed by atoms with Gasteiger partial charge in [-0.1, -0.05) is 11.6 Å². The number of nitrogens with one attached hydrogen (secondary N) is 2. The van der Waals surface area contributed by atoms with Gasteiger partial charge in [-0.3, -0.25) is 14.8 Å². The molecule has 0 radical (unpaired) electrons. The predicted octanol–water partition coefficient (Wildman–Crippen LogP) is 2.49. The van der Waals surface area contributed by atoms with E-state index in [2.05, 4.69) is 5.32 Å². The van der Waals surface area contributed by atoms with Crippen molar-refractivity contribution in [1.82, 2.24) is 10.8 Å². The molecule has 1 heterocycles. The van der Waals surface area contributed by atoms with Gasteiger partial charge in [-0.2, -0.15) is 0 Å². The number of hydrogen-bond acceptors (Lipinski definition) is 4. The Bertz CT molecular complexity index is 747. The molecule has 0 aliphatic carbocycles. The zero-order chi connectivity index (χ0) is 17.1. The number of benzene rings is 2.